The molecule has 0 radical (unpaired) electrons. The quantitative estimate of drug-likeness (QED) is 0.0539. The molecular weight excluding hydrogens is 694 g/mol. The highest BCUT2D eigenvalue weighted by Crippen LogP contribution is 2.45. The summed E-state index contributed by atoms with van der Waals surface area (Å²) in [5.41, 5.74) is -4.02. The Morgan fingerprint density at radius 3 is 2.10 bits per heavy atom. The van der Waals surface area contributed by atoms with Crippen LogP contribution in [0, 0.1) is 0 Å². The number of hydrogen-bond acceptors (Lipinski definition) is 9. The van der Waals surface area contributed by atoms with E-state index in [0.29, 0.717) is 19.4 Å². The number of aliphatic hydroxyl groups excluding tert-OH is 1. The molecule has 2 heterocycles. The summed E-state index contributed by atoms with van der Waals surface area (Å²) in [5.74, 6) is -0.0908. The van der Waals surface area contributed by atoms with Crippen LogP contribution in [0.4, 0.5) is 4.39 Å². The predicted octanol–water partition coefficient (Wildman–Crippen LogP) is 5.49. The minimum absolute atomic E-state index is 0.0616. The molecule has 0 aromatic carbocycles. The Kier molecular flexibility index (Phi) is 21.9. The lowest BCUT2D eigenvalue weighted by atomic mass is 9.98. The van der Waals surface area contributed by atoms with Crippen LogP contribution < -0.4 is 21.7 Å². The van der Waals surface area contributed by atoms with E-state index in [0.717, 1.165) is 69.4 Å². The Hall–Kier alpha value is -3.49. The average Bonchev–Trinajstić information content (AvgIpc) is 3.34. The summed E-state index contributed by atoms with van der Waals surface area (Å²) in [6, 6.07) is 1.02. The molecule has 5 atom stereocenters. The lowest BCUT2D eigenvalue weighted by molar-refractivity contribution is -0.121. The van der Waals surface area contributed by atoms with Gasteiger partial charge in [-0.05, 0) is 51.9 Å². The number of ether oxygens (including phenoxy) is 2. The van der Waals surface area contributed by atoms with E-state index >= 15 is 4.39 Å². The van der Waals surface area contributed by atoms with Gasteiger partial charge in [0.25, 0.3) is 5.56 Å². The van der Waals surface area contributed by atoms with E-state index in [1.54, 1.807) is 0 Å². The first-order valence-electron chi connectivity index (χ1n) is 17.7. The fourth-order valence-corrected chi connectivity index (χ4v) is 5.89. The molecule has 0 saturated carbocycles. The fraction of sp³-hybridized carbons (Fsp3) is 0.541. The van der Waals surface area contributed by atoms with Gasteiger partial charge in [-0.15, -0.1) is 0 Å². The van der Waals surface area contributed by atoms with Gasteiger partial charge in [0.1, 0.15) is 12.2 Å². The number of aromatic amines is 1. The number of hydrogen-bond donors (Lipinski definition) is 4. The molecule has 0 bridgehead atoms. The van der Waals surface area contributed by atoms with Gasteiger partial charge in [0.15, 0.2) is 11.9 Å². The predicted molar refractivity (Wildman–Crippen MR) is 201 cm³/mol. The number of halogens is 1. The topological polar surface area (TPSA) is 170 Å². The molecule has 1 aliphatic rings. The highest BCUT2D eigenvalue weighted by atomic mass is 31.2. The molecule has 1 aromatic heterocycles. The Balaban J connectivity index is 1.51. The molecule has 0 spiro atoms. The SMILES string of the molecule is CC/C=C\C/C=C\C/C=C\C/C=C\C/C=C\C/C=C\CCC(=O)NCCOCCNP(=O)(OC)OC[C@H]1O[C@@H](n2ccc(=O)[nH]c2=O)[C@](C)(F)[C@@H]1O. The van der Waals surface area contributed by atoms with Gasteiger partial charge < -0.3 is 24.4 Å². The van der Waals surface area contributed by atoms with Crippen molar-refractivity contribution in [2.75, 3.05) is 40.0 Å². The highest BCUT2D eigenvalue weighted by molar-refractivity contribution is 7.51. The average molecular weight is 751 g/mol. The lowest BCUT2D eigenvalue weighted by Gasteiger charge is -2.24. The third-order valence-corrected chi connectivity index (χ3v) is 9.31. The maximum Gasteiger partial charge on any atom is 0.405 e. The molecule has 1 unspecified atom stereocenters. The smallest absolute Gasteiger partial charge is 0.387 e. The number of nitrogens with one attached hydrogen (secondary N) is 3. The van der Waals surface area contributed by atoms with Crippen molar-refractivity contribution in [2.24, 2.45) is 0 Å². The number of alkyl halides is 1. The molecule has 4 N–H and O–H groups in total. The van der Waals surface area contributed by atoms with Crippen molar-refractivity contribution in [2.45, 2.75) is 89.3 Å². The second kappa shape index (κ2) is 25.5. The molecule has 290 valence electrons. The van der Waals surface area contributed by atoms with Gasteiger partial charge in [-0.1, -0.05) is 79.8 Å². The standard InChI is InChI=1S/C37H56FN4O9P/c1-4-5-6-7-8-9-10-11-12-13-14-15-16-17-18-19-20-21-22-23-32(43)39-25-28-49-29-26-40-52(47,48-3)50-30-31-34(45)37(2,38)35(51-31)42-27-24-33(44)41-36(42)46/h5-6,8-9,11-12,14-15,17-18,20-21,24,27,31,34-35,45H,4,7,10,13,16,19,22-23,25-26,28-30H2,1-3H3,(H,39,43)(H,40,47)(H,41,44,46)/b6-5-,9-8-,12-11-,15-14-,18-17-,21-20-/t31-,34-,35-,37-,52?/m1/s1. The molecule has 1 amide bonds. The molecule has 1 fully saturated rings. The Morgan fingerprint density at radius 1 is 0.981 bits per heavy atom. The van der Waals surface area contributed by atoms with Crippen molar-refractivity contribution in [3.05, 3.63) is 106 Å². The van der Waals surface area contributed by atoms with Crippen LogP contribution in [0.3, 0.4) is 0 Å². The van der Waals surface area contributed by atoms with Crippen LogP contribution in [0.1, 0.15) is 71.4 Å². The van der Waals surface area contributed by atoms with Crippen LogP contribution in [-0.4, -0.2) is 78.5 Å². The van der Waals surface area contributed by atoms with Gasteiger partial charge in [0.2, 0.25) is 5.91 Å². The van der Waals surface area contributed by atoms with Crippen LogP contribution >= 0.6 is 7.75 Å². The molecular formula is C37H56FN4O9P. The Bertz CT molecular complexity index is 1530. The van der Waals surface area contributed by atoms with Gasteiger partial charge in [0.05, 0.1) is 19.8 Å². The number of allylic oxidation sites excluding steroid dienone is 12. The van der Waals surface area contributed by atoms with Gasteiger partial charge in [-0.25, -0.2) is 18.8 Å². The fourth-order valence-electron chi connectivity index (χ4n) is 4.86. The first kappa shape index (κ1) is 44.7. The lowest BCUT2D eigenvalue weighted by Crippen LogP contribution is -2.43. The van der Waals surface area contributed by atoms with Crippen LogP contribution in [-0.2, 0) is 27.9 Å². The Labute approximate surface area is 305 Å². The number of rotatable bonds is 26. The maximum absolute atomic E-state index is 15.4. The van der Waals surface area contributed by atoms with Crippen molar-refractivity contribution >= 4 is 13.7 Å². The molecule has 13 nitrogen and oxygen atoms in total. The minimum atomic E-state index is -3.89. The summed E-state index contributed by atoms with van der Waals surface area (Å²) in [5, 5.41) is 15.9. The van der Waals surface area contributed by atoms with Gasteiger partial charge in [0, 0.05) is 38.9 Å². The number of carbonyl (C=O) groups is 1. The van der Waals surface area contributed by atoms with Crippen molar-refractivity contribution in [1.82, 2.24) is 20.0 Å². The maximum atomic E-state index is 15.4. The van der Waals surface area contributed by atoms with Crippen molar-refractivity contribution < 1.29 is 37.4 Å². The van der Waals surface area contributed by atoms with Crippen molar-refractivity contribution in [3.63, 3.8) is 0 Å². The number of aromatic nitrogens is 2. The third kappa shape index (κ3) is 17.4. The van der Waals surface area contributed by atoms with E-state index in [4.69, 9.17) is 18.5 Å². The van der Waals surface area contributed by atoms with Gasteiger partial charge in [-0.3, -0.25) is 23.7 Å². The van der Waals surface area contributed by atoms with E-state index in [1.807, 2.05) is 17.1 Å². The third-order valence-electron chi connectivity index (χ3n) is 7.72. The zero-order chi connectivity index (χ0) is 38.1. The molecule has 2 rings (SSSR count). The van der Waals surface area contributed by atoms with Crippen LogP contribution in [0.2, 0.25) is 0 Å². The Morgan fingerprint density at radius 2 is 1.54 bits per heavy atom. The molecule has 1 aromatic rings. The molecule has 1 saturated heterocycles. The summed E-state index contributed by atoms with van der Waals surface area (Å²) in [7, 11) is -2.74. The monoisotopic (exact) mass is 750 g/mol. The normalized spacial score (nSPS) is 22.3. The summed E-state index contributed by atoms with van der Waals surface area (Å²) in [6.45, 7) is 3.36. The summed E-state index contributed by atoms with van der Waals surface area (Å²) >= 11 is 0. The number of carbonyl (C=O) groups excluding carboxylic acids is 1. The largest absolute Gasteiger partial charge is 0.405 e. The first-order valence-corrected chi connectivity index (χ1v) is 19.2. The zero-order valence-corrected chi connectivity index (χ0v) is 31.4. The number of aliphatic hydroxyl groups is 1. The highest BCUT2D eigenvalue weighted by Gasteiger charge is 2.55. The molecule has 15 heteroatoms. The molecule has 52 heavy (non-hydrogen) atoms. The van der Waals surface area contributed by atoms with Gasteiger partial charge in [-0.2, -0.15) is 0 Å². The number of nitrogens with zero attached hydrogens (tertiary/aromatic N) is 1. The zero-order valence-electron chi connectivity index (χ0n) is 30.5. The van der Waals surface area contributed by atoms with E-state index < -0.39 is 49.7 Å². The van der Waals surface area contributed by atoms with Crippen molar-refractivity contribution in [1.29, 1.82) is 0 Å². The first-order chi connectivity index (χ1) is 25.0. The van der Waals surface area contributed by atoms with E-state index in [-0.39, 0.29) is 25.7 Å². The summed E-state index contributed by atoms with van der Waals surface area (Å²) in [6.07, 6.45) is 28.8. The van der Waals surface area contributed by atoms with Gasteiger partial charge >= 0.3 is 13.4 Å². The van der Waals surface area contributed by atoms with E-state index in [9.17, 15) is 24.1 Å². The summed E-state index contributed by atoms with van der Waals surface area (Å²) in [4.78, 5) is 37.5. The molecule has 0 aliphatic carbocycles. The number of amides is 1. The second-order valence-corrected chi connectivity index (χ2v) is 13.9. The minimum Gasteiger partial charge on any atom is -0.387 e. The van der Waals surface area contributed by atoms with Crippen LogP contribution in [0.15, 0.2) is 94.8 Å². The summed E-state index contributed by atoms with van der Waals surface area (Å²) < 4.78 is 50.4. The van der Waals surface area contributed by atoms with E-state index in [1.165, 1.54) is 0 Å². The number of H-pyrrole nitrogens is 1. The van der Waals surface area contributed by atoms with Crippen LogP contribution in [0.25, 0.3) is 0 Å². The second-order valence-electron chi connectivity index (χ2n) is 11.9. The van der Waals surface area contributed by atoms with Crippen molar-refractivity contribution in [3.8, 4) is 0 Å². The molecule has 1 aliphatic heterocycles. The van der Waals surface area contributed by atoms with E-state index in [2.05, 4.69) is 78.1 Å². The van der Waals surface area contributed by atoms with Crippen LogP contribution in [0.5, 0.6) is 0 Å².